The maximum Gasteiger partial charge on any atom is 0.290 e. The standard InChI is InChI=1S/C21H18ClN3O3S.CH2O2/c1-29(26,27)19-7-5-16(6-8-19)21(13-28-20(23)25-21)17-4-2-3-14(9-17)15-10-18(22)12-24-11-15;2-1-3/h2-12H,13H2,1H3,(H2,23,25);1H,(H,2,3). The summed E-state index contributed by atoms with van der Waals surface area (Å²) in [5.41, 5.74) is 8.43. The fraction of sp³-hybridized carbons (Fsp3) is 0.136. The van der Waals surface area contributed by atoms with Crippen molar-refractivity contribution in [3.63, 3.8) is 0 Å². The van der Waals surface area contributed by atoms with Crippen LogP contribution in [0.25, 0.3) is 11.1 Å². The van der Waals surface area contributed by atoms with E-state index in [0.29, 0.717) is 5.02 Å². The fourth-order valence-electron chi connectivity index (χ4n) is 3.40. The van der Waals surface area contributed by atoms with E-state index in [1.165, 1.54) is 6.26 Å². The Morgan fingerprint density at radius 2 is 1.78 bits per heavy atom. The number of rotatable bonds is 4. The van der Waals surface area contributed by atoms with E-state index in [4.69, 9.17) is 32.0 Å². The van der Waals surface area contributed by atoms with Crippen LogP contribution < -0.4 is 5.73 Å². The number of pyridine rings is 1. The maximum atomic E-state index is 11.8. The molecule has 0 fully saturated rings. The topological polar surface area (TPSA) is 132 Å². The number of hydrogen-bond acceptors (Lipinski definition) is 7. The first-order chi connectivity index (χ1) is 15.2. The lowest BCUT2D eigenvalue weighted by Gasteiger charge is -2.26. The number of ether oxygens (including phenoxy) is 1. The van der Waals surface area contributed by atoms with Crippen LogP contribution in [0.1, 0.15) is 11.1 Å². The third-order valence-electron chi connectivity index (χ3n) is 4.87. The molecule has 3 N–H and O–H groups in total. The second-order valence-electron chi connectivity index (χ2n) is 6.97. The lowest BCUT2D eigenvalue weighted by Crippen LogP contribution is -2.27. The first kappa shape index (κ1) is 23.2. The van der Waals surface area contributed by atoms with E-state index in [-0.39, 0.29) is 24.0 Å². The van der Waals surface area contributed by atoms with E-state index in [1.807, 2.05) is 30.3 Å². The van der Waals surface area contributed by atoms with E-state index < -0.39 is 15.4 Å². The van der Waals surface area contributed by atoms with Gasteiger partial charge in [0.1, 0.15) is 6.61 Å². The molecule has 10 heteroatoms. The van der Waals surface area contributed by atoms with Crippen molar-refractivity contribution < 1.29 is 23.1 Å². The smallest absolute Gasteiger partial charge is 0.290 e. The fourth-order valence-corrected chi connectivity index (χ4v) is 4.20. The molecule has 0 radical (unpaired) electrons. The van der Waals surface area contributed by atoms with Crippen LogP contribution >= 0.6 is 11.6 Å². The molecule has 0 spiro atoms. The molecule has 1 aliphatic rings. The van der Waals surface area contributed by atoms with Gasteiger partial charge < -0.3 is 15.6 Å². The van der Waals surface area contributed by atoms with Crippen LogP contribution in [0.3, 0.4) is 0 Å². The Bertz CT molecular complexity index is 1260. The molecule has 1 aliphatic heterocycles. The number of amidine groups is 1. The molecular weight excluding hydrogens is 454 g/mol. The molecule has 0 bridgehead atoms. The highest BCUT2D eigenvalue weighted by atomic mass is 35.5. The number of carboxylic acid groups (broad SMARTS) is 1. The highest BCUT2D eigenvalue weighted by molar-refractivity contribution is 7.90. The van der Waals surface area contributed by atoms with Gasteiger partial charge in [-0.15, -0.1) is 0 Å². The molecule has 3 aromatic rings. The number of nitrogens with zero attached hydrogens (tertiary/aromatic N) is 2. The predicted molar refractivity (Wildman–Crippen MR) is 121 cm³/mol. The maximum absolute atomic E-state index is 11.8. The first-order valence-corrected chi connectivity index (χ1v) is 11.5. The van der Waals surface area contributed by atoms with Crippen LogP contribution in [0.5, 0.6) is 0 Å². The second-order valence-corrected chi connectivity index (χ2v) is 9.43. The molecule has 2 aromatic carbocycles. The monoisotopic (exact) mass is 473 g/mol. The number of nitrogens with two attached hydrogens (primary N) is 1. The van der Waals surface area contributed by atoms with Crippen molar-refractivity contribution in [3.05, 3.63) is 83.1 Å². The average Bonchev–Trinajstić information content (AvgIpc) is 3.17. The first-order valence-electron chi connectivity index (χ1n) is 9.27. The van der Waals surface area contributed by atoms with Crippen LogP contribution in [-0.4, -0.2) is 43.9 Å². The molecule has 1 atom stereocenters. The Hall–Kier alpha value is -3.43. The van der Waals surface area contributed by atoms with Gasteiger partial charge in [0, 0.05) is 24.2 Å². The number of benzene rings is 2. The summed E-state index contributed by atoms with van der Waals surface area (Å²) in [4.78, 5) is 17.3. The lowest BCUT2D eigenvalue weighted by atomic mass is 9.83. The van der Waals surface area contributed by atoms with E-state index in [1.54, 1.807) is 36.7 Å². The quantitative estimate of drug-likeness (QED) is 0.556. The molecule has 8 nitrogen and oxygen atoms in total. The number of hydrogen-bond donors (Lipinski definition) is 2. The van der Waals surface area contributed by atoms with Crippen molar-refractivity contribution in [2.45, 2.75) is 10.4 Å². The summed E-state index contributed by atoms with van der Waals surface area (Å²) in [5, 5.41) is 7.44. The molecule has 1 unspecified atom stereocenters. The second kappa shape index (κ2) is 9.37. The Morgan fingerprint density at radius 3 is 2.34 bits per heavy atom. The van der Waals surface area contributed by atoms with Crippen LogP contribution in [0.15, 0.2) is 76.9 Å². The van der Waals surface area contributed by atoms with Gasteiger partial charge in [-0.05, 0) is 41.0 Å². The molecule has 2 heterocycles. The van der Waals surface area contributed by atoms with E-state index in [9.17, 15) is 8.42 Å². The van der Waals surface area contributed by atoms with Gasteiger partial charge >= 0.3 is 0 Å². The molecule has 1 aromatic heterocycles. The van der Waals surface area contributed by atoms with Gasteiger partial charge in [-0.1, -0.05) is 41.9 Å². The average molecular weight is 474 g/mol. The van der Waals surface area contributed by atoms with Gasteiger partial charge in [0.25, 0.3) is 12.5 Å². The number of sulfone groups is 1. The highest BCUT2D eigenvalue weighted by Crippen LogP contribution is 2.39. The molecule has 0 saturated carbocycles. The zero-order valence-corrected chi connectivity index (χ0v) is 18.5. The number of aliphatic imine (C=N–C) groups is 1. The van der Waals surface area contributed by atoms with Gasteiger partial charge in [0.15, 0.2) is 15.4 Å². The van der Waals surface area contributed by atoms with E-state index >= 15 is 0 Å². The minimum Gasteiger partial charge on any atom is -0.483 e. The largest absolute Gasteiger partial charge is 0.483 e. The summed E-state index contributed by atoms with van der Waals surface area (Å²) in [5.74, 6) is 0. The van der Waals surface area contributed by atoms with Crippen molar-refractivity contribution in [3.8, 4) is 11.1 Å². The van der Waals surface area contributed by atoms with Crippen LogP contribution in [0, 0.1) is 0 Å². The SMILES string of the molecule is CS(=O)(=O)c1ccc(C2(c3cccc(-c4cncc(Cl)c4)c3)COC(N)=N2)cc1.O=CO. The summed E-state index contributed by atoms with van der Waals surface area (Å²) >= 11 is 6.09. The van der Waals surface area contributed by atoms with Gasteiger partial charge in [-0.3, -0.25) is 9.78 Å². The van der Waals surface area contributed by atoms with Gasteiger partial charge in [-0.25, -0.2) is 13.4 Å². The van der Waals surface area contributed by atoms with Gasteiger partial charge in [0.2, 0.25) is 0 Å². The van der Waals surface area contributed by atoms with Crippen molar-refractivity contribution >= 4 is 33.9 Å². The third-order valence-corrected chi connectivity index (χ3v) is 6.20. The van der Waals surface area contributed by atoms with E-state index in [0.717, 1.165) is 22.3 Å². The summed E-state index contributed by atoms with van der Waals surface area (Å²) in [6, 6.07) is 16.4. The van der Waals surface area contributed by atoms with Crippen LogP contribution in [0.4, 0.5) is 0 Å². The van der Waals surface area contributed by atoms with E-state index in [2.05, 4.69) is 9.98 Å². The summed E-state index contributed by atoms with van der Waals surface area (Å²) < 4.78 is 29.1. The van der Waals surface area contributed by atoms with Crippen molar-refractivity contribution in [2.75, 3.05) is 12.9 Å². The Kier molecular flexibility index (Phi) is 6.81. The minimum atomic E-state index is -3.30. The molecule has 0 amide bonds. The Balaban J connectivity index is 0.000000913. The third kappa shape index (κ3) is 4.90. The van der Waals surface area contributed by atoms with Gasteiger partial charge in [-0.2, -0.15) is 0 Å². The zero-order valence-electron chi connectivity index (χ0n) is 17.0. The molecule has 0 saturated heterocycles. The Morgan fingerprint density at radius 1 is 1.09 bits per heavy atom. The van der Waals surface area contributed by atoms with Crippen LogP contribution in [0.2, 0.25) is 5.02 Å². The highest BCUT2D eigenvalue weighted by Gasteiger charge is 2.40. The Labute approximate surface area is 190 Å². The van der Waals surface area contributed by atoms with Crippen molar-refractivity contribution in [1.82, 2.24) is 4.98 Å². The molecule has 4 rings (SSSR count). The zero-order chi connectivity index (χ0) is 23.4. The van der Waals surface area contributed by atoms with Crippen LogP contribution in [-0.2, 0) is 24.9 Å². The van der Waals surface area contributed by atoms with Crippen molar-refractivity contribution in [1.29, 1.82) is 0 Å². The van der Waals surface area contributed by atoms with Gasteiger partial charge in [0.05, 0.1) is 9.92 Å². The summed E-state index contributed by atoms with van der Waals surface area (Å²) in [6.07, 6.45) is 4.49. The van der Waals surface area contributed by atoms with Crippen molar-refractivity contribution in [2.24, 2.45) is 10.7 Å². The molecule has 32 heavy (non-hydrogen) atoms. The molecule has 166 valence electrons. The number of aromatic nitrogens is 1. The summed E-state index contributed by atoms with van der Waals surface area (Å²) in [6.45, 7) is -0.0334. The molecular formula is C22H20ClN3O5S. The summed E-state index contributed by atoms with van der Waals surface area (Å²) in [7, 11) is -3.30. The normalized spacial score (nSPS) is 17.5. The minimum absolute atomic E-state index is 0.0898. The lowest BCUT2D eigenvalue weighted by molar-refractivity contribution is -0.122. The number of halogens is 1. The number of carbonyl (C=O) groups is 1. The molecule has 0 aliphatic carbocycles. The predicted octanol–water partition coefficient (Wildman–Crippen LogP) is 3.09.